The van der Waals surface area contributed by atoms with Gasteiger partial charge in [0, 0.05) is 24.3 Å². The second kappa shape index (κ2) is 11.7. The molecule has 1 atom stereocenters. The van der Waals surface area contributed by atoms with Crippen molar-refractivity contribution in [1.29, 1.82) is 0 Å². The number of amides is 2. The van der Waals surface area contributed by atoms with Crippen molar-refractivity contribution >= 4 is 48.0 Å². The fourth-order valence-corrected chi connectivity index (χ4v) is 2.36. The van der Waals surface area contributed by atoms with Gasteiger partial charge >= 0.3 is 0 Å². The standard InChI is InChI=1S/C20H26N4O2.2ClH/c1-20(21,15-7-5-4-6-8-15)19(26)23-17-11-9-16(10-12-17)22-18(25)13-14-24(2)3;;/h4-12H,13-14,21H2,1-3H3,(H,22,25)(H,23,26);2*1H. The molecule has 6 nitrogen and oxygen atoms in total. The first-order valence-corrected chi connectivity index (χ1v) is 8.49. The molecule has 0 heterocycles. The summed E-state index contributed by atoms with van der Waals surface area (Å²) in [6.07, 6.45) is 0.425. The third kappa shape index (κ3) is 7.48. The summed E-state index contributed by atoms with van der Waals surface area (Å²) >= 11 is 0. The predicted octanol–water partition coefficient (Wildman–Crippen LogP) is 3.23. The molecule has 0 aliphatic rings. The average Bonchev–Trinajstić information content (AvgIpc) is 2.62. The number of hydrogen-bond acceptors (Lipinski definition) is 4. The fourth-order valence-electron chi connectivity index (χ4n) is 2.36. The third-order valence-electron chi connectivity index (χ3n) is 4.06. The summed E-state index contributed by atoms with van der Waals surface area (Å²) in [6, 6.07) is 16.2. The van der Waals surface area contributed by atoms with Crippen LogP contribution in [-0.4, -0.2) is 37.4 Å². The Labute approximate surface area is 178 Å². The summed E-state index contributed by atoms with van der Waals surface area (Å²) in [5, 5.41) is 5.65. The van der Waals surface area contributed by atoms with E-state index in [4.69, 9.17) is 5.73 Å². The van der Waals surface area contributed by atoms with Crippen molar-refractivity contribution in [2.45, 2.75) is 18.9 Å². The summed E-state index contributed by atoms with van der Waals surface area (Å²) < 4.78 is 0. The van der Waals surface area contributed by atoms with Gasteiger partial charge in [0.05, 0.1) is 0 Å². The van der Waals surface area contributed by atoms with Crippen molar-refractivity contribution in [3.8, 4) is 0 Å². The van der Waals surface area contributed by atoms with Crippen molar-refractivity contribution in [3.63, 3.8) is 0 Å². The SMILES string of the molecule is CN(C)CCC(=O)Nc1ccc(NC(=O)C(C)(N)c2ccccc2)cc1.Cl.Cl. The van der Waals surface area contributed by atoms with E-state index in [0.29, 0.717) is 24.3 Å². The Balaban J connectivity index is 0.00000364. The highest BCUT2D eigenvalue weighted by Gasteiger charge is 2.30. The highest BCUT2D eigenvalue weighted by Crippen LogP contribution is 2.21. The molecule has 154 valence electrons. The van der Waals surface area contributed by atoms with E-state index in [9.17, 15) is 9.59 Å². The Hall–Kier alpha value is -2.12. The molecule has 0 spiro atoms. The summed E-state index contributed by atoms with van der Waals surface area (Å²) in [7, 11) is 3.84. The first kappa shape index (κ1) is 25.9. The average molecular weight is 427 g/mol. The molecule has 2 aromatic carbocycles. The molecule has 8 heteroatoms. The predicted molar refractivity (Wildman–Crippen MR) is 119 cm³/mol. The van der Waals surface area contributed by atoms with E-state index in [1.165, 1.54) is 0 Å². The summed E-state index contributed by atoms with van der Waals surface area (Å²) in [5.41, 5.74) is 7.11. The van der Waals surface area contributed by atoms with Crippen LogP contribution in [0.5, 0.6) is 0 Å². The first-order valence-electron chi connectivity index (χ1n) is 8.49. The van der Waals surface area contributed by atoms with Gasteiger partial charge in [0.25, 0.3) is 0 Å². The Morgan fingerprint density at radius 2 is 1.43 bits per heavy atom. The zero-order valence-electron chi connectivity index (χ0n) is 16.3. The molecule has 2 amide bonds. The molecule has 0 saturated heterocycles. The van der Waals surface area contributed by atoms with Crippen molar-refractivity contribution in [1.82, 2.24) is 4.90 Å². The Bertz CT molecular complexity index is 751. The number of rotatable bonds is 7. The van der Waals surface area contributed by atoms with E-state index in [1.807, 2.05) is 49.3 Å². The summed E-state index contributed by atoms with van der Waals surface area (Å²) in [5.74, 6) is -0.347. The van der Waals surface area contributed by atoms with Crippen LogP contribution in [-0.2, 0) is 15.1 Å². The van der Waals surface area contributed by atoms with E-state index in [0.717, 1.165) is 5.56 Å². The van der Waals surface area contributed by atoms with Crippen molar-refractivity contribution < 1.29 is 9.59 Å². The minimum atomic E-state index is -1.14. The Kier molecular flexibility index (Phi) is 10.8. The normalized spacial score (nSPS) is 12.2. The number of nitrogens with one attached hydrogen (secondary N) is 2. The van der Waals surface area contributed by atoms with E-state index in [-0.39, 0.29) is 36.6 Å². The number of carbonyl (C=O) groups is 2. The van der Waals surface area contributed by atoms with Gasteiger partial charge in [-0.1, -0.05) is 30.3 Å². The number of nitrogens with zero attached hydrogens (tertiary/aromatic N) is 1. The molecule has 0 bridgehead atoms. The molecular weight excluding hydrogens is 399 g/mol. The molecule has 0 radical (unpaired) electrons. The van der Waals surface area contributed by atoms with Crippen LogP contribution in [0.3, 0.4) is 0 Å². The van der Waals surface area contributed by atoms with Gasteiger partial charge in [0.2, 0.25) is 11.8 Å². The molecular formula is C20H28Cl2N4O2. The van der Waals surface area contributed by atoms with Gasteiger partial charge in [-0.25, -0.2) is 0 Å². The lowest BCUT2D eigenvalue weighted by molar-refractivity contribution is -0.121. The van der Waals surface area contributed by atoms with Crippen LogP contribution in [0.25, 0.3) is 0 Å². The topological polar surface area (TPSA) is 87.5 Å². The lowest BCUT2D eigenvalue weighted by Crippen LogP contribution is -2.45. The second-order valence-corrected chi connectivity index (χ2v) is 6.70. The maximum absolute atomic E-state index is 12.5. The van der Waals surface area contributed by atoms with Gasteiger partial charge in [-0.3, -0.25) is 9.59 Å². The van der Waals surface area contributed by atoms with Crippen molar-refractivity contribution in [2.24, 2.45) is 5.73 Å². The molecule has 28 heavy (non-hydrogen) atoms. The quantitative estimate of drug-likeness (QED) is 0.633. The smallest absolute Gasteiger partial charge is 0.248 e. The van der Waals surface area contributed by atoms with Crippen LogP contribution < -0.4 is 16.4 Å². The van der Waals surface area contributed by atoms with Crippen LogP contribution in [0.4, 0.5) is 11.4 Å². The molecule has 2 rings (SSSR count). The van der Waals surface area contributed by atoms with E-state index in [2.05, 4.69) is 10.6 Å². The van der Waals surface area contributed by atoms with E-state index >= 15 is 0 Å². The Morgan fingerprint density at radius 3 is 1.93 bits per heavy atom. The second-order valence-electron chi connectivity index (χ2n) is 6.70. The minimum absolute atomic E-state index is 0. The van der Waals surface area contributed by atoms with Gasteiger partial charge < -0.3 is 21.3 Å². The van der Waals surface area contributed by atoms with Gasteiger partial charge in [-0.15, -0.1) is 24.8 Å². The lowest BCUT2D eigenvalue weighted by atomic mass is 9.92. The number of hydrogen-bond donors (Lipinski definition) is 3. The fraction of sp³-hybridized carbons (Fsp3) is 0.300. The monoisotopic (exact) mass is 426 g/mol. The first-order chi connectivity index (χ1) is 12.3. The number of nitrogens with two attached hydrogens (primary N) is 1. The van der Waals surface area contributed by atoms with Crippen molar-refractivity contribution in [3.05, 3.63) is 60.2 Å². The zero-order chi connectivity index (χ0) is 19.2. The highest BCUT2D eigenvalue weighted by atomic mass is 35.5. The number of anilines is 2. The summed E-state index contributed by atoms with van der Waals surface area (Å²) in [6.45, 7) is 2.37. The molecule has 0 aliphatic carbocycles. The number of carbonyl (C=O) groups excluding carboxylic acids is 2. The molecule has 0 aliphatic heterocycles. The van der Waals surface area contributed by atoms with Gasteiger partial charge in [-0.05, 0) is 50.8 Å². The maximum Gasteiger partial charge on any atom is 0.248 e. The maximum atomic E-state index is 12.5. The molecule has 2 aromatic rings. The highest BCUT2D eigenvalue weighted by molar-refractivity contribution is 5.98. The van der Waals surface area contributed by atoms with Crippen LogP contribution in [0.15, 0.2) is 54.6 Å². The van der Waals surface area contributed by atoms with Crippen LogP contribution in [0, 0.1) is 0 Å². The van der Waals surface area contributed by atoms with Gasteiger partial charge in [-0.2, -0.15) is 0 Å². The van der Waals surface area contributed by atoms with Crippen molar-refractivity contribution in [2.75, 3.05) is 31.3 Å². The lowest BCUT2D eigenvalue weighted by Gasteiger charge is -2.24. The molecule has 0 aromatic heterocycles. The van der Waals surface area contributed by atoms with Crippen LogP contribution >= 0.6 is 24.8 Å². The number of benzene rings is 2. The van der Waals surface area contributed by atoms with Gasteiger partial charge in [0.15, 0.2) is 0 Å². The van der Waals surface area contributed by atoms with Crippen LogP contribution in [0.2, 0.25) is 0 Å². The third-order valence-corrected chi connectivity index (χ3v) is 4.06. The van der Waals surface area contributed by atoms with Gasteiger partial charge in [0.1, 0.15) is 5.54 Å². The molecule has 1 unspecified atom stereocenters. The molecule has 0 fully saturated rings. The summed E-state index contributed by atoms with van der Waals surface area (Å²) in [4.78, 5) is 26.3. The van der Waals surface area contributed by atoms with E-state index < -0.39 is 5.54 Å². The largest absolute Gasteiger partial charge is 0.326 e. The Morgan fingerprint density at radius 1 is 0.929 bits per heavy atom. The number of halogens is 2. The molecule has 0 saturated carbocycles. The molecule has 4 N–H and O–H groups in total. The van der Waals surface area contributed by atoms with E-state index in [1.54, 1.807) is 31.2 Å². The minimum Gasteiger partial charge on any atom is -0.326 e. The van der Waals surface area contributed by atoms with Crippen LogP contribution in [0.1, 0.15) is 18.9 Å². The zero-order valence-corrected chi connectivity index (χ0v) is 17.9.